The Balaban J connectivity index is 0. The Morgan fingerprint density at radius 3 is 1.17 bits per heavy atom. The molecular weight excluding hydrogens is 255 g/mol. The van der Waals surface area contributed by atoms with Crippen molar-refractivity contribution in [1.82, 2.24) is 0 Å². The molecule has 0 unspecified atom stereocenters. The summed E-state index contributed by atoms with van der Waals surface area (Å²) in [5.74, 6) is 0. The van der Waals surface area contributed by atoms with E-state index in [0.29, 0.717) is 0 Å². The second-order valence-corrected chi connectivity index (χ2v) is 3.60. The molecule has 0 aromatic rings. The normalized spacial score (nSPS) is 6.67. The van der Waals surface area contributed by atoms with Crippen LogP contribution in [0, 0.1) is 0 Å². The van der Waals surface area contributed by atoms with Gasteiger partial charge in [0.05, 0.1) is 5.34 Å². The van der Waals surface area contributed by atoms with Crippen molar-refractivity contribution in [2.75, 3.05) is 5.34 Å². The summed E-state index contributed by atoms with van der Waals surface area (Å²) in [5, 5.41) is 0.194. The van der Waals surface area contributed by atoms with Gasteiger partial charge in [0.15, 0.2) is 0 Å². The van der Waals surface area contributed by atoms with E-state index in [9.17, 15) is 0 Å². The molecule has 0 nitrogen and oxygen atoms in total. The number of halogens is 4. The van der Waals surface area contributed by atoms with Gasteiger partial charge in [0.2, 0.25) is 0 Å². The fourth-order valence-corrected chi connectivity index (χ4v) is 0. The van der Waals surface area contributed by atoms with E-state index >= 15 is 0 Å². The van der Waals surface area contributed by atoms with E-state index in [-0.39, 0.29) is 20.5 Å². The van der Waals surface area contributed by atoms with E-state index in [0.717, 1.165) is 0 Å². The van der Waals surface area contributed by atoms with Crippen LogP contribution in [0.25, 0.3) is 0 Å². The molecule has 0 aliphatic rings. The zero-order valence-electron chi connectivity index (χ0n) is 2.57. The Kier molecular flexibility index (Phi) is 28.3. The molecule has 0 fully saturated rings. The van der Waals surface area contributed by atoms with E-state index in [1.807, 2.05) is 0 Å². The van der Waals surface area contributed by atoms with Crippen LogP contribution in [0.15, 0.2) is 0 Å². The van der Waals surface area contributed by atoms with Crippen molar-refractivity contribution in [3.63, 3.8) is 0 Å². The van der Waals surface area contributed by atoms with Crippen molar-refractivity contribution in [2.45, 2.75) is 0 Å². The third kappa shape index (κ3) is 41.6. The molecule has 0 atom stereocenters. The quantitative estimate of drug-likeness (QED) is 0.462. The summed E-state index contributed by atoms with van der Waals surface area (Å²) < 4.78 is 0. The average Bonchev–Trinajstić information content (AvgIpc) is 1.39. The number of rotatable bonds is 0. The van der Waals surface area contributed by atoms with Crippen molar-refractivity contribution in [1.29, 1.82) is 0 Å². The molecule has 0 rings (SSSR count). The van der Waals surface area contributed by atoms with Crippen LogP contribution in [0.3, 0.4) is 0 Å². The third-order valence-corrected chi connectivity index (χ3v) is 0. The summed E-state index contributed by atoms with van der Waals surface area (Å²) in [6.07, 6.45) is 0. The zero-order valence-corrected chi connectivity index (χ0v) is 7.33. The van der Waals surface area contributed by atoms with Gasteiger partial charge in [-0.2, -0.15) is 0 Å². The molecule has 0 aliphatic heterocycles. The SMILES string of the molecule is ClCCl.[Cl][Ru][Cl]. The molecule has 0 bridgehead atoms. The molecular formula is CH2Cl4Ru. The van der Waals surface area contributed by atoms with Gasteiger partial charge < -0.3 is 0 Å². The van der Waals surface area contributed by atoms with Crippen LogP contribution < -0.4 is 0 Å². The van der Waals surface area contributed by atoms with E-state index in [2.05, 4.69) is 0 Å². The first-order chi connectivity index (χ1) is 2.83. The van der Waals surface area contributed by atoms with Crippen LogP contribution in [-0.2, 0) is 15.1 Å². The van der Waals surface area contributed by atoms with Gasteiger partial charge in [-0.05, 0) is 0 Å². The molecule has 0 aromatic heterocycles. The second-order valence-electron chi connectivity index (χ2n) is 0.152. The van der Waals surface area contributed by atoms with Crippen molar-refractivity contribution in [3.05, 3.63) is 0 Å². The van der Waals surface area contributed by atoms with Gasteiger partial charge in [-0.25, -0.2) is 0 Å². The monoisotopic (exact) mass is 256 g/mol. The molecule has 0 aliphatic carbocycles. The van der Waals surface area contributed by atoms with Crippen LogP contribution in [0.4, 0.5) is 0 Å². The van der Waals surface area contributed by atoms with Crippen LogP contribution in [-0.4, -0.2) is 5.34 Å². The molecule has 0 amide bonds. The molecule has 0 heterocycles. The van der Waals surface area contributed by atoms with Crippen LogP contribution in [0.2, 0.25) is 0 Å². The molecule has 0 N–H and O–H groups in total. The van der Waals surface area contributed by atoms with Crippen LogP contribution in [0.5, 0.6) is 0 Å². The maximum absolute atomic E-state index is 4.85. The van der Waals surface area contributed by atoms with Gasteiger partial charge >= 0.3 is 34.5 Å². The van der Waals surface area contributed by atoms with Gasteiger partial charge in [-0.1, -0.05) is 0 Å². The Labute approximate surface area is 62.8 Å². The molecule has 0 saturated heterocycles. The second kappa shape index (κ2) is 15.9. The standard InChI is InChI=1S/CH2Cl2.2ClH.Ru/c2-1-3;;;/h1H2;2*1H;/q;;;+2/p-2. The number of hydrogen-bond acceptors (Lipinski definition) is 0. The Morgan fingerprint density at radius 1 is 1.17 bits per heavy atom. The predicted molar refractivity (Wildman–Crippen MR) is 28.3 cm³/mol. The summed E-state index contributed by atoms with van der Waals surface area (Å²) in [5.41, 5.74) is 0. The summed E-state index contributed by atoms with van der Waals surface area (Å²) in [7, 11) is 9.71. The first-order valence-electron chi connectivity index (χ1n) is 0.802. The van der Waals surface area contributed by atoms with Gasteiger partial charge in [0, 0.05) is 0 Å². The van der Waals surface area contributed by atoms with E-state index < -0.39 is 0 Å². The van der Waals surface area contributed by atoms with Gasteiger partial charge in [0.25, 0.3) is 0 Å². The summed E-state index contributed by atoms with van der Waals surface area (Å²) in [6.45, 7) is 0. The van der Waals surface area contributed by atoms with Crippen LogP contribution >= 0.6 is 42.6 Å². The predicted octanol–water partition coefficient (Wildman–Crippen LogP) is 2.80. The third-order valence-electron chi connectivity index (χ3n) is 0. The van der Waals surface area contributed by atoms with Crippen molar-refractivity contribution < 1.29 is 15.1 Å². The van der Waals surface area contributed by atoms with Crippen molar-refractivity contribution in [3.8, 4) is 0 Å². The first kappa shape index (κ1) is 10.7. The molecule has 0 aromatic carbocycles. The Hall–Kier alpha value is 1.78. The fraction of sp³-hybridized carbons (Fsp3) is 1.00. The Bertz CT molecular complexity index is 9.51. The minimum absolute atomic E-state index is 0.194. The van der Waals surface area contributed by atoms with Crippen molar-refractivity contribution in [2.24, 2.45) is 0 Å². The molecule has 0 radical (unpaired) electrons. The van der Waals surface area contributed by atoms with E-state index in [4.69, 9.17) is 42.6 Å². The van der Waals surface area contributed by atoms with Crippen molar-refractivity contribution >= 4 is 42.6 Å². The summed E-state index contributed by atoms with van der Waals surface area (Å²) in [4.78, 5) is 0. The molecule has 0 saturated carbocycles. The minimum atomic E-state index is -0.346. The molecule has 0 spiro atoms. The Morgan fingerprint density at radius 2 is 1.17 bits per heavy atom. The van der Waals surface area contributed by atoms with Gasteiger partial charge in [0.1, 0.15) is 0 Å². The topological polar surface area (TPSA) is 0 Å². The van der Waals surface area contributed by atoms with Gasteiger partial charge in [-0.3, -0.25) is 0 Å². The van der Waals surface area contributed by atoms with E-state index in [1.165, 1.54) is 0 Å². The van der Waals surface area contributed by atoms with Gasteiger partial charge in [-0.15, -0.1) is 23.2 Å². The fourth-order valence-electron chi connectivity index (χ4n) is 0. The first-order valence-corrected chi connectivity index (χ1v) is 6.35. The number of hydrogen-bond donors (Lipinski definition) is 0. The number of alkyl halides is 2. The molecule has 6 heavy (non-hydrogen) atoms. The molecule has 5 heteroatoms. The summed E-state index contributed by atoms with van der Waals surface area (Å²) in [6, 6.07) is 0. The van der Waals surface area contributed by atoms with Crippen LogP contribution in [0.1, 0.15) is 0 Å². The zero-order chi connectivity index (χ0) is 5.41. The maximum atomic E-state index is 4.85. The van der Waals surface area contributed by atoms with E-state index in [1.54, 1.807) is 0 Å². The average molecular weight is 257 g/mol. The molecule has 42 valence electrons. The summed E-state index contributed by atoms with van der Waals surface area (Å²) >= 11 is 9.18.